The van der Waals surface area contributed by atoms with Gasteiger partial charge in [0.05, 0.1) is 19.3 Å². The summed E-state index contributed by atoms with van der Waals surface area (Å²) in [6, 6.07) is -0.769. The maximum absolute atomic E-state index is 13.3. The zero-order valence-corrected chi connectivity index (χ0v) is 14.3. The van der Waals surface area contributed by atoms with E-state index >= 15 is 0 Å². The molecule has 9 heteroatoms. The smallest absolute Gasteiger partial charge is 0.382 e. The Hall–Kier alpha value is -1.77. The van der Waals surface area contributed by atoms with Gasteiger partial charge in [-0.1, -0.05) is 13.8 Å². The summed E-state index contributed by atoms with van der Waals surface area (Å²) < 4.78 is 44.6. The molecular weight excluding hydrogens is 325 g/mol. The fourth-order valence-electron chi connectivity index (χ4n) is 2.88. The summed E-state index contributed by atoms with van der Waals surface area (Å²) in [6.07, 6.45) is -2.35. The first kappa shape index (κ1) is 18.6. The molecule has 2 amide bonds. The highest BCUT2D eigenvalue weighted by molar-refractivity contribution is 5.75. The van der Waals surface area contributed by atoms with Crippen molar-refractivity contribution in [1.29, 1.82) is 0 Å². The molecular formula is C15H23F3N4O2. The third-order valence-electron chi connectivity index (χ3n) is 4.17. The Morgan fingerprint density at radius 2 is 2.17 bits per heavy atom. The predicted molar refractivity (Wildman–Crippen MR) is 81.4 cm³/mol. The fraction of sp³-hybridized carbons (Fsp3) is 0.733. The Bertz CT molecular complexity index is 600. The summed E-state index contributed by atoms with van der Waals surface area (Å²) in [5.74, 6) is 0. The lowest BCUT2D eigenvalue weighted by molar-refractivity contribution is -0.200. The summed E-state index contributed by atoms with van der Waals surface area (Å²) in [6.45, 7) is 4.73. The number of aromatic amines is 1. The topological polar surface area (TPSA) is 70.2 Å². The number of rotatable bonds is 3. The Labute approximate surface area is 138 Å². The van der Waals surface area contributed by atoms with Crippen molar-refractivity contribution < 1.29 is 22.7 Å². The van der Waals surface area contributed by atoms with E-state index in [1.54, 1.807) is 6.20 Å². The second-order valence-electron chi connectivity index (χ2n) is 7.26. The highest BCUT2D eigenvalue weighted by atomic mass is 19.4. The van der Waals surface area contributed by atoms with Gasteiger partial charge in [0, 0.05) is 24.9 Å². The molecule has 1 atom stereocenters. The number of alkyl halides is 3. The van der Waals surface area contributed by atoms with Gasteiger partial charge in [-0.05, 0) is 18.8 Å². The minimum atomic E-state index is -4.62. The number of methoxy groups -OCH3 is 1. The minimum Gasteiger partial charge on any atom is -0.382 e. The zero-order valence-electron chi connectivity index (χ0n) is 14.3. The van der Waals surface area contributed by atoms with E-state index in [9.17, 15) is 18.0 Å². The number of nitrogens with one attached hydrogen (secondary N) is 2. The van der Waals surface area contributed by atoms with Crippen LogP contribution in [0.5, 0.6) is 0 Å². The van der Waals surface area contributed by atoms with Gasteiger partial charge in [-0.25, -0.2) is 4.79 Å². The highest BCUT2D eigenvalue weighted by Gasteiger charge is 2.53. The molecule has 1 aromatic rings. The molecule has 0 aliphatic carbocycles. The van der Waals surface area contributed by atoms with Gasteiger partial charge in [0.25, 0.3) is 0 Å². The van der Waals surface area contributed by atoms with E-state index < -0.39 is 24.4 Å². The Balaban J connectivity index is 2.22. The van der Waals surface area contributed by atoms with Crippen LogP contribution in [0.3, 0.4) is 0 Å². The maximum atomic E-state index is 13.3. The summed E-state index contributed by atoms with van der Waals surface area (Å²) in [4.78, 5) is 13.9. The first-order valence-electron chi connectivity index (χ1n) is 7.61. The number of urea groups is 1. The normalized spacial score (nSPS) is 20.0. The van der Waals surface area contributed by atoms with E-state index in [0.717, 1.165) is 18.2 Å². The molecule has 6 nitrogen and oxygen atoms in total. The van der Waals surface area contributed by atoms with Crippen molar-refractivity contribution in [3.63, 3.8) is 0 Å². The van der Waals surface area contributed by atoms with Crippen molar-refractivity contribution >= 4 is 6.03 Å². The molecule has 0 radical (unpaired) electrons. The second kappa shape index (κ2) is 6.27. The van der Waals surface area contributed by atoms with E-state index in [-0.39, 0.29) is 12.0 Å². The Kier molecular flexibility index (Phi) is 4.85. The van der Waals surface area contributed by atoms with Crippen molar-refractivity contribution in [3.8, 4) is 0 Å². The van der Waals surface area contributed by atoms with E-state index in [1.165, 1.54) is 12.0 Å². The van der Waals surface area contributed by atoms with Crippen LogP contribution >= 0.6 is 0 Å². The number of halogens is 3. The van der Waals surface area contributed by atoms with Gasteiger partial charge in [0.15, 0.2) is 5.54 Å². The third kappa shape index (κ3) is 3.82. The standard InChI is InChI=1S/C15H23F3N4O2/c1-13(2)5-11-10(6-19-21-11)7-22(8-13)12(23)20-14(3,9-24-4)15(16,17)18/h6H,5,7-9H2,1-4H3,(H,19,21)(H,20,23). The van der Waals surface area contributed by atoms with Crippen molar-refractivity contribution in [3.05, 3.63) is 17.5 Å². The molecule has 2 N–H and O–H groups in total. The third-order valence-corrected chi connectivity index (χ3v) is 4.17. The molecule has 1 unspecified atom stereocenters. The number of carbonyl (C=O) groups is 1. The summed E-state index contributed by atoms with van der Waals surface area (Å²) in [7, 11) is 1.17. The predicted octanol–water partition coefficient (Wildman–Crippen LogP) is 2.47. The molecule has 0 bridgehead atoms. The number of carbonyl (C=O) groups excluding carboxylic acids is 1. The lowest BCUT2D eigenvalue weighted by Gasteiger charge is -2.36. The minimum absolute atomic E-state index is 0.210. The average molecular weight is 348 g/mol. The lowest BCUT2D eigenvalue weighted by Crippen LogP contribution is -2.62. The summed E-state index contributed by atoms with van der Waals surface area (Å²) >= 11 is 0. The molecule has 1 aromatic heterocycles. The van der Waals surface area contributed by atoms with Gasteiger partial charge in [0.2, 0.25) is 0 Å². The molecule has 1 aliphatic heterocycles. The molecule has 2 rings (SSSR count). The highest BCUT2D eigenvalue weighted by Crippen LogP contribution is 2.32. The maximum Gasteiger partial charge on any atom is 0.413 e. The van der Waals surface area contributed by atoms with Gasteiger partial charge in [-0.15, -0.1) is 0 Å². The summed E-state index contributed by atoms with van der Waals surface area (Å²) in [5.41, 5.74) is -1.01. The van der Waals surface area contributed by atoms with Crippen LogP contribution in [-0.4, -0.2) is 53.1 Å². The van der Waals surface area contributed by atoms with Crippen LogP contribution < -0.4 is 5.32 Å². The molecule has 0 fully saturated rings. The average Bonchev–Trinajstić information content (AvgIpc) is 2.77. The van der Waals surface area contributed by atoms with Gasteiger partial charge in [-0.2, -0.15) is 18.3 Å². The zero-order chi connectivity index (χ0) is 18.2. The first-order valence-corrected chi connectivity index (χ1v) is 7.61. The fourth-order valence-corrected chi connectivity index (χ4v) is 2.88. The Morgan fingerprint density at radius 3 is 2.75 bits per heavy atom. The SMILES string of the molecule is COCC(C)(NC(=O)N1Cc2cn[nH]c2CC(C)(C)C1)C(F)(F)F. The van der Waals surface area contributed by atoms with Gasteiger partial charge < -0.3 is 15.0 Å². The number of H-pyrrole nitrogens is 1. The van der Waals surface area contributed by atoms with Crippen molar-refractivity contribution in [2.75, 3.05) is 20.3 Å². The van der Waals surface area contributed by atoms with Crippen molar-refractivity contribution in [2.24, 2.45) is 5.41 Å². The molecule has 24 heavy (non-hydrogen) atoms. The van der Waals surface area contributed by atoms with Gasteiger partial charge in [-0.3, -0.25) is 5.10 Å². The van der Waals surface area contributed by atoms with Gasteiger partial charge >= 0.3 is 12.2 Å². The molecule has 1 aliphatic rings. The molecule has 136 valence electrons. The lowest BCUT2D eigenvalue weighted by atomic mass is 9.88. The van der Waals surface area contributed by atoms with Crippen LogP contribution in [0.2, 0.25) is 0 Å². The molecule has 0 saturated carbocycles. The van der Waals surface area contributed by atoms with Crippen LogP contribution in [0.4, 0.5) is 18.0 Å². The van der Waals surface area contributed by atoms with Crippen molar-refractivity contribution in [2.45, 2.75) is 45.5 Å². The number of hydrogen-bond donors (Lipinski definition) is 2. The molecule has 2 heterocycles. The first-order chi connectivity index (χ1) is 11.0. The van der Waals surface area contributed by atoms with E-state index in [0.29, 0.717) is 13.0 Å². The van der Waals surface area contributed by atoms with E-state index in [1.807, 2.05) is 13.8 Å². The largest absolute Gasteiger partial charge is 0.413 e. The molecule has 0 spiro atoms. The number of fused-ring (bicyclic) bond motifs is 1. The van der Waals surface area contributed by atoms with Crippen LogP contribution in [0.1, 0.15) is 32.0 Å². The number of amides is 2. The van der Waals surface area contributed by atoms with E-state index in [2.05, 4.69) is 20.3 Å². The van der Waals surface area contributed by atoms with Crippen LogP contribution in [0.15, 0.2) is 6.20 Å². The van der Waals surface area contributed by atoms with Gasteiger partial charge in [0.1, 0.15) is 0 Å². The molecule has 0 saturated heterocycles. The number of ether oxygens (including phenoxy) is 1. The second-order valence-corrected chi connectivity index (χ2v) is 7.26. The van der Waals surface area contributed by atoms with Crippen LogP contribution in [0.25, 0.3) is 0 Å². The quantitative estimate of drug-likeness (QED) is 0.882. The number of aromatic nitrogens is 2. The van der Waals surface area contributed by atoms with Crippen LogP contribution in [0, 0.1) is 5.41 Å². The van der Waals surface area contributed by atoms with Crippen LogP contribution in [-0.2, 0) is 17.7 Å². The van der Waals surface area contributed by atoms with E-state index in [4.69, 9.17) is 0 Å². The Morgan fingerprint density at radius 1 is 1.50 bits per heavy atom. The van der Waals surface area contributed by atoms with Crippen molar-refractivity contribution in [1.82, 2.24) is 20.4 Å². The number of hydrogen-bond acceptors (Lipinski definition) is 3. The monoisotopic (exact) mass is 348 g/mol. The number of nitrogens with zero attached hydrogens (tertiary/aromatic N) is 2. The molecule has 0 aromatic carbocycles. The summed E-state index contributed by atoms with van der Waals surface area (Å²) in [5, 5.41) is 8.96.